The molecule has 0 spiro atoms. The SMILES string of the molecule is COc1ccc(SCCOc2ccc3c(=O)ccoc3c2)cc1. The fraction of sp³-hybridized carbons (Fsp3) is 0.167. The van der Waals surface area contributed by atoms with Crippen molar-refractivity contribution in [3.05, 3.63) is 65.0 Å². The van der Waals surface area contributed by atoms with Crippen molar-refractivity contribution >= 4 is 22.7 Å². The molecule has 0 saturated carbocycles. The summed E-state index contributed by atoms with van der Waals surface area (Å²) in [6.07, 6.45) is 1.40. The van der Waals surface area contributed by atoms with Crippen LogP contribution in [0.3, 0.4) is 0 Å². The van der Waals surface area contributed by atoms with Crippen LogP contribution < -0.4 is 14.9 Å². The van der Waals surface area contributed by atoms with Crippen molar-refractivity contribution in [2.75, 3.05) is 19.5 Å². The van der Waals surface area contributed by atoms with E-state index in [9.17, 15) is 4.79 Å². The number of fused-ring (bicyclic) bond motifs is 1. The molecule has 0 fully saturated rings. The highest BCUT2D eigenvalue weighted by atomic mass is 32.2. The predicted octanol–water partition coefficient (Wildman–Crippen LogP) is 3.97. The Morgan fingerprint density at radius 2 is 1.83 bits per heavy atom. The van der Waals surface area contributed by atoms with Crippen LogP contribution in [0.5, 0.6) is 11.5 Å². The Morgan fingerprint density at radius 3 is 2.61 bits per heavy atom. The Morgan fingerprint density at radius 1 is 1.04 bits per heavy atom. The van der Waals surface area contributed by atoms with Crippen molar-refractivity contribution in [1.82, 2.24) is 0 Å². The maximum Gasteiger partial charge on any atom is 0.192 e. The fourth-order valence-electron chi connectivity index (χ4n) is 2.14. The minimum atomic E-state index is -0.0483. The zero-order valence-corrected chi connectivity index (χ0v) is 13.5. The average molecular weight is 328 g/mol. The summed E-state index contributed by atoms with van der Waals surface area (Å²) in [6.45, 7) is 0.569. The molecule has 1 heterocycles. The van der Waals surface area contributed by atoms with Gasteiger partial charge in [-0.15, -0.1) is 11.8 Å². The molecular weight excluding hydrogens is 312 g/mol. The molecule has 0 aliphatic rings. The molecule has 0 bridgehead atoms. The standard InChI is InChI=1S/C18H16O4S/c1-20-13-2-5-15(6-3-13)23-11-10-21-14-4-7-16-17(19)8-9-22-18(16)12-14/h2-9,12H,10-11H2,1H3. The van der Waals surface area contributed by atoms with Gasteiger partial charge in [-0.2, -0.15) is 0 Å². The van der Waals surface area contributed by atoms with Gasteiger partial charge in [-0.05, 0) is 36.4 Å². The number of benzene rings is 2. The lowest BCUT2D eigenvalue weighted by atomic mass is 10.2. The minimum absolute atomic E-state index is 0.0483. The van der Waals surface area contributed by atoms with Gasteiger partial charge in [0.25, 0.3) is 0 Å². The van der Waals surface area contributed by atoms with Crippen LogP contribution in [-0.2, 0) is 0 Å². The number of hydrogen-bond acceptors (Lipinski definition) is 5. The first-order chi connectivity index (χ1) is 11.3. The van der Waals surface area contributed by atoms with Gasteiger partial charge in [-0.3, -0.25) is 4.79 Å². The van der Waals surface area contributed by atoms with E-state index < -0.39 is 0 Å². The van der Waals surface area contributed by atoms with Gasteiger partial charge in [0.05, 0.1) is 25.4 Å². The number of hydrogen-bond donors (Lipinski definition) is 0. The van der Waals surface area contributed by atoms with Crippen LogP contribution in [-0.4, -0.2) is 19.5 Å². The largest absolute Gasteiger partial charge is 0.497 e. The molecule has 118 valence electrons. The first-order valence-electron chi connectivity index (χ1n) is 7.17. The summed E-state index contributed by atoms with van der Waals surface area (Å²) >= 11 is 1.71. The van der Waals surface area contributed by atoms with E-state index in [1.807, 2.05) is 24.3 Å². The topological polar surface area (TPSA) is 48.7 Å². The monoisotopic (exact) mass is 328 g/mol. The van der Waals surface area contributed by atoms with Crippen molar-refractivity contribution in [1.29, 1.82) is 0 Å². The third kappa shape index (κ3) is 3.87. The zero-order valence-electron chi connectivity index (χ0n) is 12.7. The molecule has 0 aliphatic carbocycles. The molecule has 5 heteroatoms. The smallest absolute Gasteiger partial charge is 0.192 e. The van der Waals surface area contributed by atoms with Crippen molar-refractivity contribution in [2.24, 2.45) is 0 Å². The lowest BCUT2D eigenvalue weighted by molar-refractivity contribution is 0.344. The van der Waals surface area contributed by atoms with Crippen LogP contribution in [0.15, 0.2) is 68.9 Å². The Bertz CT molecular complexity index is 840. The Labute approximate surface area is 138 Å². The van der Waals surface area contributed by atoms with Crippen molar-refractivity contribution < 1.29 is 13.9 Å². The lowest BCUT2D eigenvalue weighted by Gasteiger charge is -2.07. The third-order valence-corrected chi connectivity index (χ3v) is 4.29. The van der Waals surface area contributed by atoms with Crippen LogP contribution in [0.25, 0.3) is 11.0 Å². The summed E-state index contributed by atoms with van der Waals surface area (Å²) in [5.74, 6) is 2.37. The van der Waals surface area contributed by atoms with Gasteiger partial charge < -0.3 is 13.9 Å². The maximum atomic E-state index is 11.6. The molecule has 3 aromatic rings. The van der Waals surface area contributed by atoms with Gasteiger partial charge >= 0.3 is 0 Å². The quantitative estimate of drug-likeness (QED) is 0.506. The Balaban J connectivity index is 1.55. The van der Waals surface area contributed by atoms with Crippen LogP contribution in [0, 0.1) is 0 Å². The van der Waals surface area contributed by atoms with E-state index in [0.717, 1.165) is 11.5 Å². The summed E-state index contributed by atoms with van der Waals surface area (Å²) < 4.78 is 16.2. The molecular formula is C18H16O4S. The number of methoxy groups -OCH3 is 1. The Kier molecular flexibility index (Phi) is 4.88. The fourth-order valence-corrected chi connectivity index (χ4v) is 2.87. The third-order valence-electron chi connectivity index (χ3n) is 3.31. The first kappa shape index (κ1) is 15.5. The molecule has 3 rings (SSSR count). The van der Waals surface area contributed by atoms with Crippen LogP contribution in [0.1, 0.15) is 0 Å². The molecule has 4 nitrogen and oxygen atoms in total. The molecule has 0 unspecified atom stereocenters. The van der Waals surface area contributed by atoms with Gasteiger partial charge in [0.1, 0.15) is 17.1 Å². The first-order valence-corrected chi connectivity index (χ1v) is 8.16. The van der Waals surface area contributed by atoms with Gasteiger partial charge in [-0.1, -0.05) is 0 Å². The summed E-state index contributed by atoms with van der Waals surface area (Å²) in [7, 11) is 1.65. The molecule has 2 aromatic carbocycles. The van der Waals surface area contributed by atoms with E-state index in [1.165, 1.54) is 17.2 Å². The van der Waals surface area contributed by atoms with Crippen molar-refractivity contribution in [3.63, 3.8) is 0 Å². The van der Waals surface area contributed by atoms with Gasteiger partial charge in [-0.25, -0.2) is 0 Å². The second-order valence-corrected chi connectivity index (χ2v) is 5.98. The minimum Gasteiger partial charge on any atom is -0.497 e. The predicted molar refractivity (Wildman–Crippen MR) is 91.7 cm³/mol. The molecule has 0 amide bonds. The molecule has 23 heavy (non-hydrogen) atoms. The van der Waals surface area contributed by atoms with E-state index in [0.29, 0.717) is 23.3 Å². The summed E-state index contributed by atoms with van der Waals surface area (Å²) in [6, 6.07) is 14.6. The summed E-state index contributed by atoms with van der Waals surface area (Å²) in [5, 5.41) is 0.562. The van der Waals surface area contributed by atoms with Crippen LogP contribution in [0.2, 0.25) is 0 Å². The molecule has 1 aromatic heterocycles. The van der Waals surface area contributed by atoms with Crippen molar-refractivity contribution in [2.45, 2.75) is 4.90 Å². The highest BCUT2D eigenvalue weighted by Gasteiger charge is 2.02. The second-order valence-electron chi connectivity index (χ2n) is 4.82. The summed E-state index contributed by atoms with van der Waals surface area (Å²) in [5.41, 5.74) is 0.491. The highest BCUT2D eigenvalue weighted by molar-refractivity contribution is 7.99. The van der Waals surface area contributed by atoms with Crippen LogP contribution in [0.4, 0.5) is 0 Å². The number of thioether (sulfide) groups is 1. The number of ether oxygens (including phenoxy) is 2. The highest BCUT2D eigenvalue weighted by Crippen LogP contribution is 2.22. The van der Waals surface area contributed by atoms with Gasteiger partial charge in [0.15, 0.2) is 5.43 Å². The molecule has 0 aliphatic heterocycles. The van der Waals surface area contributed by atoms with Crippen LogP contribution >= 0.6 is 11.8 Å². The van der Waals surface area contributed by atoms with Gasteiger partial charge in [0, 0.05) is 22.8 Å². The molecule has 0 atom stereocenters. The number of rotatable bonds is 6. The maximum absolute atomic E-state index is 11.6. The van der Waals surface area contributed by atoms with Gasteiger partial charge in [0.2, 0.25) is 0 Å². The van der Waals surface area contributed by atoms with E-state index in [4.69, 9.17) is 13.9 Å². The van der Waals surface area contributed by atoms with E-state index in [2.05, 4.69) is 0 Å². The van der Waals surface area contributed by atoms with E-state index in [1.54, 1.807) is 37.1 Å². The van der Waals surface area contributed by atoms with E-state index in [-0.39, 0.29) is 5.43 Å². The Hall–Kier alpha value is -2.40. The zero-order chi connectivity index (χ0) is 16.1. The molecule has 0 N–H and O–H groups in total. The second kappa shape index (κ2) is 7.24. The normalized spacial score (nSPS) is 10.7. The summed E-state index contributed by atoms with van der Waals surface area (Å²) in [4.78, 5) is 12.8. The van der Waals surface area contributed by atoms with E-state index >= 15 is 0 Å². The molecule has 0 radical (unpaired) electrons. The lowest BCUT2D eigenvalue weighted by Crippen LogP contribution is -2.01. The molecule has 0 saturated heterocycles. The van der Waals surface area contributed by atoms with Crippen molar-refractivity contribution in [3.8, 4) is 11.5 Å². The average Bonchev–Trinajstić information content (AvgIpc) is 2.59.